The van der Waals surface area contributed by atoms with Crippen LogP contribution in [0.5, 0.6) is 0 Å². The number of benzene rings is 1. The topological polar surface area (TPSA) is 52.6 Å². The van der Waals surface area contributed by atoms with Crippen LogP contribution in [0.2, 0.25) is 0 Å². The van der Waals surface area contributed by atoms with Crippen molar-refractivity contribution in [2.75, 3.05) is 19.7 Å². The lowest BCUT2D eigenvalue weighted by Crippen LogP contribution is -2.44. The average Bonchev–Trinajstić information content (AvgIpc) is 2.89. The van der Waals surface area contributed by atoms with Crippen molar-refractivity contribution in [2.45, 2.75) is 25.4 Å². The van der Waals surface area contributed by atoms with Crippen molar-refractivity contribution in [3.8, 4) is 11.8 Å². The summed E-state index contributed by atoms with van der Waals surface area (Å²) in [5.74, 6) is 5.95. The van der Waals surface area contributed by atoms with Crippen LogP contribution in [0.1, 0.15) is 24.0 Å². The monoisotopic (exact) mass is 284 g/mol. The molecule has 2 aliphatic rings. The molecule has 3 rings (SSSR count). The smallest absolute Gasteiger partial charge is 0.224 e. The Labute approximate surface area is 125 Å². The summed E-state index contributed by atoms with van der Waals surface area (Å²) >= 11 is 0. The van der Waals surface area contributed by atoms with Gasteiger partial charge in [-0.25, -0.2) is 0 Å². The average molecular weight is 284 g/mol. The van der Waals surface area contributed by atoms with Gasteiger partial charge in [-0.05, 0) is 37.1 Å². The second-order valence-electron chi connectivity index (χ2n) is 5.69. The van der Waals surface area contributed by atoms with E-state index in [1.54, 1.807) is 0 Å². The molecule has 0 bridgehead atoms. The minimum Gasteiger partial charge on any atom is -0.384 e. The summed E-state index contributed by atoms with van der Waals surface area (Å²) in [5.41, 5.74) is 2.16. The Morgan fingerprint density at radius 3 is 2.90 bits per heavy atom. The molecule has 0 aromatic heterocycles. The fraction of sp³-hybridized carbons (Fsp3) is 0.471. The van der Waals surface area contributed by atoms with Crippen LogP contribution in [-0.2, 0) is 11.3 Å². The lowest BCUT2D eigenvalue weighted by molar-refractivity contribution is -0.124. The molecule has 0 radical (unpaired) electrons. The number of amides is 1. The van der Waals surface area contributed by atoms with Crippen molar-refractivity contribution in [1.29, 1.82) is 0 Å². The van der Waals surface area contributed by atoms with Crippen LogP contribution < -0.4 is 5.32 Å². The molecule has 1 aromatic carbocycles. The van der Waals surface area contributed by atoms with Gasteiger partial charge in [0, 0.05) is 24.7 Å². The normalized spacial score (nSPS) is 24.9. The molecule has 2 atom stereocenters. The third kappa shape index (κ3) is 3.10. The molecule has 110 valence electrons. The zero-order valence-corrected chi connectivity index (χ0v) is 12.0. The minimum atomic E-state index is -0.111. The van der Waals surface area contributed by atoms with Crippen molar-refractivity contribution in [3.63, 3.8) is 0 Å². The van der Waals surface area contributed by atoms with Gasteiger partial charge < -0.3 is 10.4 Å². The molecule has 0 spiro atoms. The molecule has 4 heteroatoms. The summed E-state index contributed by atoms with van der Waals surface area (Å²) in [6.45, 7) is 2.61. The number of nitrogens with one attached hydrogen (secondary N) is 1. The van der Waals surface area contributed by atoms with Crippen molar-refractivity contribution in [3.05, 3.63) is 35.4 Å². The Bertz CT molecular complexity index is 571. The van der Waals surface area contributed by atoms with Crippen LogP contribution in [0.25, 0.3) is 0 Å². The van der Waals surface area contributed by atoms with Crippen LogP contribution in [0.4, 0.5) is 0 Å². The van der Waals surface area contributed by atoms with Crippen LogP contribution in [0.15, 0.2) is 24.3 Å². The SMILES string of the molecule is O=C1NCC2C1CCCN2Cc1ccc(C#CCO)cc1. The van der Waals surface area contributed by atoms with Crippen molar-refractivity contribution in [1.82, 2.24) is 10.2 Å². The van der Waals surface area contributed by atoms with Gasteiger partial charge in [0.1, 0.15) is 6.61 Å². The van der Waals surface area contributed by atoms with E-state index in [1.807, 2.05) is 12.1 Å². The third-order valence-electron chi connectivity index (χ3n) is 4.37. The Balaban J connectivity index is 1.67. The zero-order valence-electron chi connectivity index (χ0n) is 12.0. The molecule has 2 unspecified atom stereocenters. The first-order valence-electron chi connectivity index (χ1n) is 7.48. The van der Waals surface area contributed by atoms with E-state index in [-0.39, 0.29) is 18.4 Å². The van der Waals surface area contributed by atoms with Gasteiger partial charge in [-0.1, -0.05) is 24.0 Å². The maximum Gasteiger partial charge on any atom is 0.224 e. The van der Waals surface area contributed by atoms with Crippen LogP contribution >= 0.6 is 0 Å². The van der Waals surface area contributed by atoms with Gasteiger partial charge in [0.25, 0.3) is 0 Å². The van der Waals surface area contributed by atoms with E-state index in [0.29, 0.717) is 6.04 Å². The summed E-state index contributed by atoms with van der Waals surface area (Å²) in [4.78, 5) is 14.2. The van der Waals surface area contributed by atoms with Gasteiger partial charge >= 0.3 is 0 Å². The van der Waals surface area contributed by atoms with Gasteiger partial charge in [-0.2, -0.15) is 0 Å². The maximum atomic E-state index is 11.8. The quantitative estimate of drug-likeness (QED) is 0.788. The van der Waals surface area contributed by atoms with E-state index in [0.717, 1.165) is 38.0 Å². The summed E-state index contributed by atoms with van der Waals surface area (Å²) in [7, 11) is 0. The van der Waals surface area contributed by atoms with E-state index in [4.69, 9.17) is 5.11 Å². The maximum absolute atomic E-state index is 11.8. The number of rotatable bonds is 2. The first-order chi connectivity index (χ1) is 10.3. The van der Waals surface area contributed by atoms with Gasteiger partial charge in [0.2, 0.25) is 5.91 Å². The number of nitrogens with zero attached hydrogens (tertiary/aromatic N) is 1. The number of aliphatic hydroxyl groups excluding tert-OH is 1. The molecular formula is C17H20N2O2. The Kier molecular flexibility index (Phi) is 4.23. The number of hydrogen-bond acceptors (Lipinski definition) is 3. The fourth-order valence-corrected chi connectivity index (χ4v) is 3.31. The number of likely N-dealkylation sites (tertiary alicyclic amines) is 1. The molecular weight excluding hydrogens is 264 g/mol. The standard InChI is InChI=1S/C17H20N2O2/c20-10-2-3-13-5-7-14(8-6-13)12-19-9-1-4-15-16(19)11-18-17(15)21/h5-8,15-16,20H,1,4,9-12H2,(H,18,21). The Morgan fingerprint density at radius 1 is 1.33 bits per heavy atom. The molecule has 1 amide bonds. The number of piperidine rings is 1. The highest BCUT2D eigenvalue weighted by Crippen LogP contribution is 2.28. The summed E-state index contributed by atoms with van der Waals surface area (Å²) in [5, 5.41) is 11.7. The minimum absolute atomic E-state index is 0.111. The second-order valence-corrected chi connectivity index (χ2v) is 5.69. The number of carbonyl (C=O) groups excluding carboxylic acids is 1. The predicted octanol–water partition coefficient (Wildman–Crippen LogP) is 0.741. The van der Waals surface area contributed by atoms with Crippen LogP contribution in [0, 0.1) is 17.8 Å². The van der Waals surface area contributed by atoms with E-state index < -0.39 is 0 Å². The summed E-state index contributed by atoms with van der Waals surface area (Å²) < 4.78 is 0. The van der Waals surface area contributed by atoms with Crippen molar-refractivity contribution >= 4 is 5.91 Å². The van der Waals surface area contributed by atoms with Crippen LogP contribution in [0.3, 0.4) is 0 Å². The number of hydrogen-bond donors (Lipinski definition) is 2. The lowest BCUT2D eigenvalue weighted by Gasteiger charge is -2.35. The Morgan fingerprint density at radius 2 is 2.14 bits per heavy atom. The summed E-state index contributed by atoms with van der Waals surface area (Å²) in [6.07, 6.45) is 2.11. The largest absolute Gasteiger partial charge is 0.384 e. The molecule has 4 nitrogen and oxygen atoms in total. The molecule has 2 N–H and O–H groups in total. The van der Waals surface area contributed by atoms with Gasteiger partial charge in [0.05, 0.1) is 5.92 Å². The van der Waals surface area contributed by atoms with Gasteiger partial charge in [-0.15, -0.1) is 0 Å². The molecule has 2 fully saturated rings. The first-order valence-corrected chi connectivity index (χ1v) is 7.48. The highest BCUT2D eigenvalue weighted by Gasteiger charge is 2.40. The number of fused-ring (bicyclic) bond motifs is 1. The first kappa shape index (κ1) is 14.1. The van der Waals surface area contributed by atoms with Gasteiger partial charge in [0.15, 0.2) is 0 Å². The second kappa shape index (κ2) is 6.30. The van der Waals surface area contributed by atoms with E-state index in [1.165, 1.54) is 5.56 Å². The molecule has 21 heavy (non-hydrogen) atoms. The van der Waals surface area contributed by atoms with Crippen molar-refractivity contribution in [2.24, 2.45) is 5.92 Å². The predicted molar refractivity (Wildman–Crippen MR) is 80.3 cm³/mol. The van der Waals surface area contributed by atoms with Crippen LogP contribution in [-0.4, -0.2) is 41.7 Å². The molecule has 0 saturated carbocycles. The van der Waals surface area contributed by atoms with E-state index in [9.17, 15) is 4.79 Å². The van der Waals surface area contributed by atoms with E-state index >= 15 is 0 Å². The molecule has 2 saturated heterocycles. The summed E-state index contributed by atoms with van der Waals surface area (Å²) in [6, 6.07) is 8.47. The fourth-order valence-electron chi connectivity index (χ4n) is 3.31. The number of aliphatic hydroxyl groups is 1. The lowest BCUT2D eigenvalue weighted by atomic mass is 9.91. The van der Waals surface area contributed by atoms with E-state index in [2.05, 4.69) is 34.2 Å². The highest BCUT2D eigenvalue weighted by molar-refractivity contribution is 5.82. The molecule has 0 aliphatic carbocycles. The molecule has 2 aliphatic heterocycles. The van der Waals surface area contributed by atoms with Crippen molar-refractivity contribution < 1.29 is 9.90 Å². The Hall–Kier alpha value is -1.83. The zero-order chi connectivity index (χ0) is 14.7. The third-order valence-corrected chi connectivity index (χ3v) is 4.37. The number of carbonyl (C=O) groups is 1. The highest BCUT2D eigenvalue weighted by atomic mass is 16.2. The van der Waals surface area contributed by atoms with Gasteiger partial charge in [-0.3, -0.25) is 9.69 Å². The molecule has 1 aromatic rings. The molecule has 2 heterocycles.